The van der Waals surface area contributed by atoms with E-state index < -0.39 is 61.6 Å². The summed E-state index contributed by atoms with van der Waals surface area (Å²) in [5.41, 5.74) is -1.80. The number of phenols is 8. The van der Waals surface area contributed by atoms with Crippen LogP contribution in [0.5, 0.6) is 46.0 Å². The van der Waals surface area contributed by atoms with Gasteiger partial charge in [-0.15, -0.1) is 0 Å². The number of benzene rings is 2. The molecule has 0 aromatic heterocycles. The van der Waals surface area contributed by atoms with Crippen molar-refractivity contribution in [1.82, 2.24) is 0 Å². The molecule has 2 aromatic rings. The molecule has 0 spiro atoms. The Morgan fingerprint density at radius 2 is 0.773 bits per heavy atom. The quantitative estimate of drug-likeness (QED) is 0.197. The second kappa shape index (κ2) is 4.99. The lowest BCUT2D eigenvalue weighted by atomic mass is 9.88. The number of phenolic OH excluding ortho intramolecular Hbond substituents is 8. The third kappa shape index (κ3) is 1.91. The average Bonchev–Trinajstić information content (AvgIpc) is 2.50. The zero-order valence-corrected chi connectivity index (χ0v) is 12.5. The summed E-state index contributed by atoms with van der Waals surface area (Å²) >= 11 is 2.72. The Kier molecular flexibility index (Phi) is 3.57. The van der Waals surface area contributed by atoms with Gasteiger partial charge in [0.15, 0.2) is 46.0 Å². The Balaban J connectivity index is 3.03. The molecule has 22 heavy (non-hydrogen) atoms. The molecule has 0 atom stereocenters. The van der Waals surface area contributed by atoms with Gasteiger partial charge in [0.2, 0.25) is 0 Å². The van der Waals surface area contributed by atoms with Crippen molar-refractivity contribution in [2.24, 2.45) is 0 Å². The summed E-state index contributed by atoms with van der Waals surface area (Å²) in [4.78, 5) is 0. The lowest BCUT2D eigenvalue weighted by molar-refractivity contribution is 0.365. The van der Waals surface area contributed by atoms with Crippen LogP contribution >= 0.6 is 15.9 Å². The van der Waals surface area contributed by atoms with Crippen molar-refractivity contribution < 1.29 is 40.9 Å². The van der Waals surface area contributed by atoms with Gasteiger partial charge in [-0.2, -0.15) is 0 Å². The van der Waals surface area contributed by atoms with Crippen molar-refractivity contribution in [2.45, 2.75) is 0 Å². The number of hydrogen-bond donors (Lipinski definition) is 8. The minimum atomic E-state index is -1.00. The van der Waals surface area contributed by atoms with E-state index in [2.05, 4.69) is 15.9 Å². The summed E-state index contributed by atoms with van der Waals surface area (Å²) in [6.07, 6.45) is 0. The highest BCUT2D eigenvalue weighted by Crippen LogP contribution is 2.58. The highest BCUT2D eigenvalue weighted by atomic mass is 79.9. The molecule has 0 aliphatic rings. The van der Waals surface area contributed by atoms with Gasteiger partial charge in [0, 0.05) is 5.46 Å². The lowest BCUT2D eigenvalue weighted by Crippen LogP contribution is -2.05. The maximum Gasteiger partial charge on any atom is 0.176 e. The van der Waals surface area contributed by atoms with Crippen LogP contribution in [0.1, 0.15) is 0 Å². The zero-order chi connectivity index (χ0) is 16.9. The topological polar surface area (TPSA) is 162 Å². The zero-order valence-electron chi connectivity index (χ0n) is 11.0. The van der Waals surface area contributed by atoms with Crippen molar-refractivity contribution in [3.8, 4) is 57.1 Å². The minimum absolute atomic E-state index is 0.247. The van der Waals surface area contributed by atoms with Gasteiger partial charge < -0.3 is 40.9 Å². The van der Waals surface area contributed by atoms with Crippen LogP contribution in [-0.2, 0) is 0 Å². The molecule has 0 aliphatic carbocycles. The summed E-state index contributed by atoms with van der Waals surface area (Å²) in [5.74, 6) is -7.35. The van der Waals surface area contributed by atoms with Gasteiger partial charge in [-0.3, -0.25) is 0 Å². The molecule has 0 saturated heterocycles. The fourth-order valence-electron chi connectivity index (χ4n) is 1.96. The summed E-state index contributed by atoms with van der Waals surface area (Å²) in [6.45, 7) is 0. The molecule has 10 heteroatoms. The van der Waals surface area contributed by atoms with Crippen molar-refractivity contribution in [1.29, 1.82) is 0 Å². The lowest BCUT2D eigenvalue weighted by Gasteiger charge is -2.17. The molecular formula is C12H10BBrO8. The normalized spacial score (nSPS) is 10.8. The van der Waals surface area contributed by atoms with E-state index in [0.717, 1.165) is 0 Å². The van der Waals surface area contributed by atoms with Crippen LogP contribution in [0.3, 0.4) is 0 Å². The molecule has 8 N–H and O–H groups in total. The third-order valence-electron chi connectivity index (χ3n) is 3.22. The Bertz CT molecular complexity index is 679. The van der Waals surface area contributed by atoms with Crippen molar-refractivity contribution >= 4 is 29.2 Å². The standard InChI is InChI=1S/C12H10BBrO8/c13-3-9(19)5(15)1(6(16)10(3)20)2-7(17)11(21)4(14)12(22)8(2)18/h15-22H,13H2. The summed E-state index contributed by atoms with van der Waals surface area (Å²) < 4.78 is -0.425. The minimum Gasteiger partial charge on any atom is -0.505 e. The molecule has 0 radical (unpaired) electrons. The molecule has 2 rings (SSSR count). The van der Waals surface area contributed by atoms with Crippen LogP contribution < -0.4 is 5.46 Å². The third-order valence-corrected chi connectivity index (χ3v) is 3.97. The molecule has 8 nitrogen and oxygen atoms in total. The number of rotatable bonds is 1. The second-order valence-corrected chi connectivity index (χ2v) is 5.27. The molecule has 0 bridgehead atoms. The molecule has 0 unspecified atom stereocenters. The van der Waals surface area contributed by atoms with E-state index in [4.69, 9.17) is 0 Å². The predicted molar refractivity (Wildman–Crippen MR) is 81.1 cm³/mol. The first-order valence-electron chi connectivity index (χ1n) is 5.73. The van der Waals surface area contributed by atoms with Crippen LogP contribution in [-0.4, -0.2) is 48.7 Å². The van der Waals surface area contributed by atoms with Gasteiger partial charge in [-0.05, 0) is 15.9 Å². The fourth-order valence-corrected chi connectivity index (χ4v) is 2.33. The SMILES string of the molecule is Bc1c(O)c(O)c(-c2c(O)c(O)c(Br)c(O)c2O)c(O)c1O. The van der Waals surface area contributed by atoms with E-state index in [0.29, 0.717) is 0 Å². The summed E-state index contributed by atoms with van der Waals surface area (Å²) in [5, 5.41) is 78.4. The van der Waals surface area contributed by atoms with Crippen LogP contribution in [0, 0.1) is 0 Å². The molecular weight excluding hydrogens is 363 g/mol. The van der Waals surface area contributed by atoms with Crippen molar-refractivity contribution in [3.05, 3.63) is 4.47 Å². The maximum absolute atomic E-state index is 9.92. The van der Waals surface area contributed by atoms with Gasteiger partial charge in [-0.25, -0.2) is 0 Å². The molecule has 0 heterocycles. The Morgan fingerprint density at radius 1 is 0.500 bits per heavy atom. The van der Waals surface area contributed by atoms with Crippen LogP contribution in [0.2, 0.25) is 0 Å². The van der Waals surface area contributed by atoms with Gasteiger partial charge in [0.1, 0.15) is 12.3 Å². The van der Waals surface area contributed by atoms with Gasteiger partial charge in [0.25, 0.3) is 0 Å². The molecule has 0 aliphatic heterocycles. The summed E-state index contributed by atoms with van der Waals surface area (Å²) in [7, 11) is 1.20. The van der Waals surface area contributed by atoms with E-state index in [1.807, 2.05) is 0 Å². The van der Waals surface area contributed by atoms with Crippen LogP contribution in [0.4, 0.5) is 0 Å². The molecule has 0 saturated carbocycles. The first kappa shape index (κ1) is 15.8. The Labute approximate surface area is 132 Å². The largest absolute Gasteiger partial charge is 0.505 e. The van der Waals surface area contributed by atoms with E-state index >= 15 is 0 Å². The monoisotopic (exact) mass is 372 g/mol. The van der Waals surface area contributed by atoms with Crippen LogP contribution in [0.25, 0.3) is 11.1 Å². The molecule has 2 aromatic carbocycles. The number of halogens is 1. The first-order chi connectivity index (χ1) is 10.1. The molecule has 0 amide bonds. The average molecular weight is 373 g/mol. The highest BCUT2D eigenvalue weighted by molar-refractivity contribution is 9.10. The van der Waals surface area contributed by atoms with Crippen molar-refractivity contribution in [2.75, 3.05) is 0 Å². The first-order valence-corrected chi connectivity index (χ1v) is 6.52. The van der Waals surface area contributed by atoms with Gasteiger partial charge in [-0.1, -0.05) is 0 Å². The van der Waals surface area contributed by atoms with E-state index in [1.165, 1.54) is 7.85 Å². The van der Waals surface area contributed by atoms with E-state index in [9.17, 15) is 40.9 Å². The second-order valence-electron chi connectivity index (χ2n) is 4.48. The van der Waals surface area contributed by atoms with Crippen LogP contribution in [0.15, 0.2) is 4.47 Å². The van der Waals surface area contributed by atoms with Gasteiger partial charge in [0.05, 0.1) is 11.1 Å². The maximum atomic E-state index is 9.92. The number of aromatic hydroxyl groups is 8. The van der Waals surface area contributed by atoms with E-state index in [1.54, 1.807) is 0 Å². The van der Waals surface area contributed by atoms with E-state index in [-0.39, 0.29) is 5.46 Å². The Hall–Kier alpha value is -2.62. The molecule has 0 fully saturated rings. The fraction of sp³-hybridized carbons (Fsp3) is 0. The number of hydrogen-bond acceptors (Lipinski definition) is 8. The Morgan fingerprint density at radius 3 is 1.09 bits per heavy atom. The highest BCUT2D eigenvalue weighted by Gasteiger charge is 2.30. The van der Waals surface area contributed by atoms with Gasteiger partial charge >= 0.3 is 0 Å². The summed E-state index contributed by atoms with van der Waals surface area (Å²) in [6, 6.07) is 0. The van der Waals surface area contributed by atoms with Crippen molar-refractivity contribution in [3.63, 3.8) is 0 Å². The predicted octanol–water partition coefficient (Wildman–Crippen LogP) is 0.0193. The molecule has 116 valence electrons. The smallest absolute Gasteiger partial charge is 0.176 e.